The second-order valence-corrected chi connectivity index (χ2v) is 10.1. The summed E-state index contributed by atoms with van der Waals surface area (Å²) >= 11 is 0. The van der Waals surface area contributed by atoms with Crippen LogP contribution in [-0.2, 0) is 14.8 Å². The summed E-state index contributed by atoms with van der Waals surface area (Å²) in [5.41, 5.74) is 0. The number of amides is 1. The van der Waals surface area contributed by atoms with E-state index in [1.807, 2.05) is 17.9 Å². The number of aromatic nitrogens is 1. The van der Waals surface area contributed by atoms with Gasteiger partial charge >= 0.3 is 0 Å². The Labute approximate surface area is 178 Å². The monoisotopic (exact) mass is 430 g/mol. The minimum absolute atomic E-state index is 0.174. The van der Waals surface area contributed by atoms with E-state index in [4.69, 9.17) is 0 Å². The highest BCUT2D eigenvalue weighted by Gasteiger charge is 2.32. The van der Waals surface area contributed by atoms with Crippen LogP contribution in [-0.4, -0.2) is 78.7 Å². The average molecular weight is 431 g/mol. The molecule has 4 rings (SSSR count). The molecule has 1 atom stereocenters. The molecule has 2 aliphatic heterocycles. The molecular formula is C22H30N4O3S. The van der Waals surface area contributed by atoms with Gasteiger partial charge in [0, 0.05) is 62.4 Å². The van der Waals surface area contributed by atoms with Gasteiger partial charge in [-0.2, -0.15) is 4.31 Å². The zero-order valence-corrected chi connectivity index (χ0v) is 18.4. The van der Waals surface area contributed by atoms with Crippen LogP contribution in [0.15, 0.2) is 41.6 Å². The van der Waals surface area contributed by atoms with E-state index in [2.05, 4.69) is 9.88 Å². The van der Waals surface area contributed by atoms with Crippen molar-refractivity contribution in [2.75, 3.05) is 39.3 Å². The van der Waals surface area contributed by atoms with E-state index < -0.39 is 10.0 Å². The van der Waals surface area contributed by atoms with Crippen molar-refractivity contribution in [2.24, 2.45) is 0 Å². The molecule has 0 bridgehead atoms. The molecule has 0 unspecified atom stereocenters. The SMILES string of the molecule is C[C@@H](C(=O)N1CCCCC1)N1CCCN(S(=O)(=O)c2cccc3cnccc23)CC1. The molecule has 7 nitrogen and oxygen atoms in total. The molecule has 1 aromatic heterocycles. The number of piperidine rings is 1. The summed E-state index contributed by atoms with van der Waals surface area (Å²) in [6, 6.07) is 6.85. The quantitative estimate of drug-likeness (QED) is 0.744. The van der Waals surface area contributed by atoms with Crippen LogP contribution in [0, 0.1) is 0 Å². The number of hydrogen-bond acceptors (Lipinski definition) is 5. The predicted octanol–water partition coefficient (Wildman–Crippen LogP) is 2.33. The zero-order valence-electron chi connectivity index (χ0n) is 17.5. The number of benzene rings is 1. The summed E-state index contributed by atoms with van der Waals surface area (Å²) in [5, 5.41) is 1.51. The lowest BCUT2D eigenvalue weighted by atomic mass is 10.1. The third-order valence-corrected chi connectivity index (χ3v) is 8.28. The molecule has 2 aromatic rings. The van der Waals surface area contributed by atoms with Crippen molar-refractivity contribution in [1.82, 2.24) is 19.1 Å². The van der Waals surface area contributed by atoms with Gasteiger partial charge in [-0.15, -0.1) is 0 Å². The van der Waals surface area contributed by atoms with E-state index in [9.17, 15) is 13.2 Å². The molecule has 3 heterocycles. The fraction of sp³-hybridized carbons (Fsp3) is 0.545. The maximum Gasteiger partial charge on any atom is 0.243 e. The smallest absolute Gasteiger partial charge is 0.243 e. The van der Waals surface area contributed by atoms with Gasteiger partial charge < -0.3 is 4.90 Å². The van der Waals surface area contributed by atoms with E-state index in [1.54, 1.807) is 34.9 Å². The second kappa shape index (κ2) is 8.99. The Kier molecular flexibility index (Phi) is 6.36. The summed E-state index contributed by atoms with van der Waals surface area (Å²) in [6.45, 7) is 5.78. The highest BCUT2D eigenvalue weighted by molar-refractivity contribution is 7.89. The number of hydrogen-bond donors (Lipinski definition) is 0. The standard InChI is InChI=1S/C22H30N4O3S/c1-18(22(27)25-11-3-2-4-12-25)24-13-6-14-26(16-15-24)30(28,29)21-8-5-7-19-17-23-10-9-20(19)21/h5,7-10,17-18H,2-4,6,11-16H2,1H3/t18-/m0/s1. The first-order chi connectivity index (χ1) is 14.5. The lowest BCUT2D eigenvalue weighted by molar-refractivity contribution is -0.137. The fourth-order valence-electron chi connectivity index (χ4n) is 4.53. The highest BCUT2D eigenvalue weighted by atomic mass is 32.2. The Bertz CT molecular complexity index is 999. The van der Waals surface area contributed by atoms with Crippen LogP contribution in [0.4, 0.5) is 0 Å². The molecule has 1 aromatic carbocycles. The fourth-order valence-corrected chi connectivity index (χ4v) is 6.22. The van der Waals surface area contributed by atoms with Gasteiger partial charge in [0.15, 0.2) is 0 Å². The number of likely N-dealkylation sites (tertiary alicyclic amines) is 1. The van der Waals surface area contributed by atoms with Crippen LogP contribution in [0.3, 0.4) is 0 Å². The number of fused-ring (bicyclic) bond motifs is 1. The molecular weight excluding hydrogens is 400 g/mol. The molecule has 30 heavy (non-hydrogen) atoms. The molecule has 2 fully saturated rings. The summed E-state index contributed by atoms with van der Waals surface area (Å²) in [6.07, 6.45) is 7.37. The Morgan fingerprint density at radius 3 is 2.57 bits per heavy atom. The van der Waals surface area contributed by atoms with Crippen LogP contribution in [0.2, 0.25) is 0 Å². The van der Waals surface area contributed by atoms with Gasteiger partial charge in [-0.05, 0) is 44.7 Å². The van der Waals surface area contributed by atoms with E-state index in [0.29, 0.717) is 36.3 Å². The van der Waals surface area contributed by atoms with Crippen molar-refractivity contribution >= 4 is 26.7 Å². The number of rotatable bonds is 4. The number of nitrogens with zero attached hydrogens (tertiary/aromatic N) is 4. The number of pyridine rings is 1. The van der Waals surface area contributed by atoms with E-state index >= 15 is 0 Å². The molecule has 8 heteroatoms. The molecule has 0 radical (unpaired) electrons. The normalized spacial score (nSPS) is 20.8. The molecule has 162 valence electrons. The van der Waals surface area contributed by atoms with Crippen LogP contribution < -0.4 is 0 Å². The predicted molar refractivity (Wildman–Crippen MR) is 117 cm³/mol. The average Bonchev–Trinajstić information content (AvgIpc) is 3.05. The third kappa shape index (κ3) is 4.22. The lowest BCUT2D eigenvalue weighted by Crippen LogP contribution is -2.49. The minimum Gasteiger partial charge on any atom is -0.341 e. The van der Waals surface area contributed by atoms with Gasteiger partial charge in [0.25, 0.3) is 0 Å². The summed E-state index contributed by atoms with van der Waals surface area (Å²) in [7, 11) is -3.62. The first kappa shape index (κ1) is 21.2. The lowest BCUT2D eigenvalue weighted by Gasteiger charge is -2.34. The van der Waals surface area contributed by atoms with Gasteiger partial charge in [0.1, 0.15) is 0 Å². The molecule has 0 N–H and O–H groups in total. The molecule has 2 aliphatic rings. The Hall–Kier alpha value is -2.03. The van der Waals surface area contributed by atoms with Gasteiger partial charge in [0.05, 0.1) is 10.9 Å². The maximum absolute atomic E-state index is 13.4. The third-order valence-electron chi connectivity index (χ3n) is 6.32. The van der Waals surface area contributed by atoms with Crippen molar-refractivity contribution in [1.29, 1.82) is 0 Å². The molecule has 0 aliphatic carbocycles. The Morgan fingerprint density at radius 2 is 1.77 bits per heavy atom. The summed E-state index contributed by atoms with van der Waals surface area (Å²) in [4.78, 5) is 21.4. The van der Waals surface area contributed by atoms with Crippen molar-refractivity contribution in [3.05, 3.63) is 36.7 Å². The van der Waals surface area contributed by atoms with Gasteiger partial charge in [-0.3, -0.25) is 14.7 Å². The minimum atomic E-state index is -3.62. The number of sulfonamides is 1. The largest absolute Gasteiger partial charge is 0.341 e. The molecule has 0 saturated carbocycles. The number of carbonyl (C=O) groups is 1. The van der Waals surface area contributed by atoms with Crippen LogP contribution in [0.25, 0.3) is 10.8 Å². The van der Waals surface area contributed by atoms with Gasteiger partial charge in [0.2, 0.25) is 15.9 Å². The highest BCUT2D eigenvalue weighted by Crippen LogP contribution is 2.26. The Morgan fingerprint density at radius 1 is 0.967 bits per heavy atom. The molecule has 0 spiro atoms. The van der Waals surface area contributed by atoms with Crippen molar-refractivity contribution in [3.63, 3.8) is 0 Å². The summed E-state index contributed by atoms with van der Waals surface area (Å²) < 4.78 is 28.4. The Balaban J connectivity index is 1.49. The maximum atomic E-state index is 13.4. The van der Waals surface area contributed by atoms with E-state index in [0.717, 1.165) is 37.9 Å². The topological polar surface area (TPSA) is 73.8 Å². The van der Waals surface area contributed by atoms with Crippen molar-refractivity contribution in [3.8, 4) is 0 Å². The van der Waals surface area contributed by atoms with E-state index in [-0.39, 0.29) is 11.9 Å². The molecule has 1 amide bonds. The summed E-state index contributed by atoms with van der Waals surface area (Å²) in [5.74, 6) is 0.174. The van der Waals surface area contributed by atoms with Gasteiger partial charge in [-0.25, -0.2) is 8.42 Å². The van der Waals surface area contributed by atoms with Crippen LogP contribution in [0.1, 0.15) is 32.6 Å². The van der Waals surface area contributed by atoms with Gasteiger partial charge in [-0.1, -0.05) is 12.1 Å². The van der Waals surface area contributed by atoms with Crippen molar-refractivity contribution < 1.29 is 13.2 Å². The first-order valence-corrected chi connectivity index (χ1v) is 12.3. The van der Waals surface area contributed by atoms with Crippen LogP contribution in [0.5, 0.6) is 0 Å². The first-order valence-electron chi connectivity index (χ1n) is 10.8. The molecule has 2 saturated heterocycles. The number of carbonyl (C=O) groups excluding carboxylic acids is 1. The van der Waals surface area contributed by atoms with Crippen LogP contribution >= 0.6 is 0 Å². The second-order valence-electron chi connectivity index (χ2n) is 8.21. The zero-order chi connectivity index (χ0) is 21.1. The van der Waals surface area contributed by atoms with E-state index in [1.165, 1.54) is 6.42 Å². The van der Waals surface area contributed by atoms with Crippen molar-refractivity contribution in [2.45, 2.75) is 43.5 Å².